The Labute approximate surface area is 179 Å². The molecule has 0 amide bonds. The summed E-state index contributed by atoms with van der Waals surface area (Å²) in [6, 6.07) is 10.2. The topological polar surface area (TPSA) is 99.4 Å². The van der Waals surface area contributed by atoms with Crippen LogP contribution in [0.2, 0.25) is 0 Å². The van der Waals surface area contributed by atoms with Gasteiger partial charge in [-0.1, -0.05) is 6.07 Å². The normalized spacial score (nSPS) is 11.1. The Bertz CT molecular complexity index is 1400. The van der Waals surface area contributed by atoms with Gasteiger partial charge in [-0.05, 0) is 42.4 Å². The average molecular weight is 444 g/mol. The van der Waals surface area contributed by atoms with Gasteiger partial charge in [0.2, 0.25) is 0 Å². The van der Waals surface area contributed by atoms with E-state index in [0.29, 0.717) is 40.1 Å². The number of aromatic nitrogens is 2. The Morgan fingerprint density at radius 1 is 1.17 bits per heavy atom. The number of ether oxygens (including phenoxy) is 2. The standard InChI is InChI=1S/C20H17N3O5S2/c1-27-14-5-3-11(9-15(14)28-2)7-8-22-19(24)18-17(21-20(22)29)13-10-12(23(25)26)4-6-16(13)30-18/h3-6,9-10H,7-8H2,1-2H3,(H,21,29). The highest BCUT2D eigenvalue weighted by Gasteiger charge is 2.15. The Balaban J connectivity index is 1.73. The van der Waals surface area contributed by atoms with Crippen LogP contribution in [-0.2, 0) is 13.0 Å². The molecule has 0 aliphatic carbocycles. The number of non-ortho nitro benzene ring substituents is 1. The van der Waals surface area contributed by atoms with E-state index in [9.17, 15) is 14.9 Å². The van der Waals surface area contributed by atoms with Gasteiger partial charge >= 0.3 is 0 Å². The van der Waals surface area contributed by atoms with Crippen molar-refractivity contribution in [2.24, 2.45) is 0 Å². The zero-order valence-electron chi connectivity index (χ0n) is 16.1. The fourth-order valence-corrected chi connectivity index (χ4v) is 4.71. The van der Waals surface area contributed by atoms with Crippen LogP contribution in [0.3, 0.4) is 0 Å². The molecular formula is C20H17N3O5S2. The van der Waals surface area contributed by atoms with Crippen molar-refractivity contribution in [3.63, 3.8) is 0 Å². The molecule has 0 atom stereocenters. The number of benzene rings is 2. The van der Waals surface area contributed by atoms with Crippen LogP contribution in [0.5, 0.6) is 11.5 Å². The van der Waals surface area contributed by atoms with Crippen LogP contribution in [0.25, 0.3) is 20.3 Å². The third-order valence-corrected chi connectivity index (χ3v) is 6.35. The molecule has 10 heteroatoms. The molecule has 8 nitrogen and oxygen atoms in total. The molecular weight excluding hydrogens is 426 g/mol. The van der Waals surface area contributed by atoms with Gasteiger partial charge in [-0.3, -0.25) is 19.5 Å². The summed E-state index contributed by atoms with van der Waals surface area (Å²) < 4.78 is 13.6. The van der Waals surface area contributed by atoms with Crippen LogP contribution in [0.1, 0.15) is 5.56 Å². The smallest absolute Gasteiger partial charge is 0.272 e. The van der Waals surface area contributed by atoms with E-state index in [0.717, 1.165) is 10.3 Å². The monoisotopic (exact) mass is 443 g/mol. The predicted molar refractivity (Wildman–Crippen MR) is 119 cm³/mol. The summed E-state index contributed by atoms with van der Waals surface area (Å²) in [7, 11) is 3.15. The van der Waals surface area contributed by atoms with E-state index in [2.05, 4.69) is 4.98 Å². The maximum absolute atomic E-state index is 13.1. The van der Waals surface area contributed by atoms with Crippen molar-refractivity contribution in [3.8, 4) is 11.5 Å². The zero-order chi connectivity index (χ0) is 21.4. The summed E-state index contributed by atoms with van der Waals surface area (Å²) in [6.45, 7) is 0.383. The van der Waals surface area contributed by atoms with Crippen LogP contribution in [0.15, 0.2) is 41.2 Å². The minimum atomic E-state index is -0.456. The van der Waals surface area contributed by atoms with Crippen molar-refractivity contribution in [2.45, 2.75) is 13.0 Å². The summed E-state index contributed by atoms with van der Waals surface area (Å²) in [4.78, 5) is 26.8. The molecule has 2 aromatic heterocycles. The molecule has 0 saturated heterocycles. The largest absolute Gasteiger partial charge is 0.493 e. The number of aromatic amines is 1. The number of nitro benzene ring substituents is 1. The third-order valence-electron chi connectivity index (χ3n) is 4.87. The van der Waals surface area contributed by atoms with E-state index >= 15 is 0 Å². The number of nitro groups is 1. The van der Waals surface area contributed by atoms with Crippen molar-refractivity contribution >= 4 is 49.5 Å². The molecule has 30 heavy (non-hydrogen) atoms. The van der Waals surface area contributed by atoms with Crippen molar-refractivity contribution < 1.29 is 14.4 Å². The molecule has 2 aromatic carbocycles. The van der Waals surface area contributed by atoms with Gasteiger partial charge in [0.25, 0.3) is 11.2 Å². The number of aryl methyl sites for hydroxylation is 1. The highest BCUT2D eigenvalue weighted by atomic mass is 32.1. The van der Waals surface area contributed by atoms with E-state index in [1.165, 1.54) is 28.0 Å². The van der Waals surface area contributed by atoms with E-state index in [4.69, 9.17) is 21.7 Å². The molecule has 1 N–H and O–H groups in total. The first-order valence-corrected chi connectivity index (χ1v) is 10.2. The lowest BCUT2D eigenvalue weighted by Gasteiger charge is -2.10. The molecule has 4 aromatic rings. The number of thiophene rings is 1. The molecule has 0 aliphatic rings. The van der Waals surface area contributed by atoms with E-state index in [1.807, 2.05) is 18.2 Å². The Kier molecular flexibility index (Phi) is 5.27. The van der Waals surface area contributed by atoms with Gasteiger partial charge in [-0.2, -0.15) is 0 Å². The number of methoxy groups -OCH3 is 2. The van der Waals surface area contributed by atoms with Crippen LogP contribution in [0.4, 0.5) is 5.69 Å². The first-order valence-electron chi connectivity index (χ1n) is 8.97. The lowest BCUT2D eigenvalue weighted by atomic mass is 10.1. The van der Waals surface area contributed by atoms with Crippen LogP contribution in [0, 0.1) is 14.9 Å². The SMILES string of the molecule is COc1ccc(CCn2c(=S)[nH]c3c(sc4ccc([N+](=O)[O-])cc43)c2=O)cc1OC. The summed E-state index contributed by atoms with van der Waals surface area (Å²) in [5.41, 5.74) is 1.27. The fraction of sp³-hybridized carbons (Fsp3) is 0.200. The second-order valence-electron chi connectivity index (χ2n) is 6.57. The van der Waals surface area contributed by atoms with E-state index in [1.54, 1.807) is 20.3 Å². The number of hydrogen-bond acceptors (Lipinski definition) is 7. The number of nitrogens with one attached hydrogen (secondary N) is 1. The van der Waals surface area contributed by atoms with Gasteiger partial charge in [0.05, 0.1) is 24.7 Å². The summed E-state index contributed by atoms with van der Waals surface area (Å²) in [6.07, 6.45) is 0.569. The molecule has 0 radical (unpaired) electrons. The first kappa shape index (κ1) is 20.0. The van der Waals surface area contributed by atoms with Gasteiger partial charge < -0.3 is 14.5 Å². The summed E-state index contributed by atoms with van der Waals surface area (Å²) in [5.74, 6) is 1.26. The lowest BCUT2D eigenvalue weighted by molar-refractivity contribution is -0.384. The molecule has 0 aliphatic heterocycles. The number of rotatable bonds is 6. The minimum absolute atomic E-state index is 0.0286. The van der Waals surface area contributed by atoms with Gasteiger partial charge in [0, 0.05) is 28.8 Å². The molecule has 0 unspecified atom stereocenters. The van der Waals surface area contributed by atoms with Crippen LogP contribution in [-0.4, -0.2) is 28.7 Å². The van der Waals surface area contributed by atoms with E-state index in [-0.39, 0.29) is 16.0 Å². The average Bonchev–Trinajstić information content (AvgIpc) is 3.11. The first-order chi connectivity index (χ1) is 14.4. The quantitative estimate of drug-likeness (QED) is 0.269. The molecule has 0 bridgehead atoms. The van der Waals surface area contributed by atoms with Crippen molar-refractivity contribution in [1.29, 1.82) is 0 Å². The number of hydrogen-bond donors (Lipinski definition) is 1. The summed E-state index contributed by atoms with van der Waals surface area (Å²) in [5, 5.41) is 11.7. The second kappa shape index (κ2) is 7.88. The van der Waals surface area contributed by atoms with Crippen molar-refractivity contribution in [1.82, 2.24) is 9.55 Å². The molecule has 154 valence electrons. The fourth-order valence-electron chi connectivity index (χ4n) is 3.34. The number of nitrogens with zero attached hydrogens (tertiary/aromatic N) is 2. The number of H-pyrrole nitrogens is 1. The van der Waals surface area contributed by atoms with Gasteiger partial charge in [-0.15, -0.1) is 11.3 Å². The Morgan fingerprint density at radius 2 is 1.93 bits per heavy atom. The van der Waals surface area contributed by atoms with Gasteiger partial charge in [0.1, 0.15) is 4.70 Å². The van der Waals surface area contributed by atoms with Gasteiger partial charge in [0.15, 0.2) is 16.3 Å². The maximum Gasteiger partial charge on any atom is 0.272 e. The summed E-state index contributed by atoms with van der Waals surface area (Å²) >= 11 is 6.71. The van der Waals surface area contributed by atoms with Crippen molar-refractivity contribution in [2.75, 3.05) is 14.2 Å². The molecule has 0 spiro atoms. The van der Waals surface area contributed by atoms with Crippen LogP contribution >= 0.6 is 23.6 Å². The highest BCUT2D eigenvalue weighted by molar-refractivity contribution is 7.71. The third kappa shape index (κ3) is 3.44. The lowest BCUT2D eigenvalue weighted by Crippen LogP contribution is -2.22. The molecule has 4 rings (SSSR count). The minimum Gasteiger partial charge on any atom is -0.493 e. The predicted octanol–water partition coefficient (Wildman–Crippen LogP) is 4.44. The van der Waals surface area contributed by atoms with Gasteiger partial charge in [-0.25, -0.2) is 0 Å². The maximum atomic E-state index is 13.1. The van der Waals surface area contributed by atoms with Crippen molar-refractivity contribution in [3.05, 3.63) is 67.2 Å². The zero-order valence-corrected chi connectivity index (χ0v) is 17.8. The Morgan fingerprint density at radius 3 is 2.63 bits per heavy atom. The molecule has 0 fully saturated rings. The second-order valence-corrected chi connectivity index (χ2v) is 8.01. The number of fused-ring (bicyclic) bond motifs is 3. The molecule has 2 heterocycles. The van der Waals surface area contributed by atoms with Crippen LogP contribution < -0.4 is 15.0 Å². The van der Waals surface area contributed by atoms with E-state index < -0.39 is 4.92 Å². The molecule has 0 saturated carbocycles. The Hall–Kier alpha value is -3.24. The highest BCUT2D eigenvalue weighted by Crippen LogP contribution is 2.33.